The molecule has 0 saturated heterocycles. The highest BCUT2D eigenvalue weighted by Gasteiger charge is 2.13. The number of primary sulfonamides is 1. The number of carbonyl (C=O) groups is 2. The second-order valence-electron chi connectivity index (χ2n) is 3.00. The Morgan fingerprint density at radius 2 is 1.82 bits per heavy atom. The molecule has 0 heterocycles. The molecule has 17 heavy (non-hydrogen) atoms. The normalized spacial score (nSPS) is 10.7. The topological polar surface area (TPSA) is 144 Å². The Labute approximate surface area is 97.0 Å². The van der Waals surface area contributed by atoms with E-state index in [2.05, 4.69) is 5.32 Å². The Bertz CT molecular complexity index is 554. The number of hydrazine groups is 1. The number of rotatable bonds is 2. The molecule has 0 bridgehead atoms. The molecular weight excluding hydrogens is 248 g/mol. The van der Waals surface area contributed by atoms with Crippen LogP contribution in [-0.2, 0) is 19.6 Å². The minimum atomic E-state index is -3.86. The van der Waals surface area contributed by atoms with Crippen molar-refractivity contribution >= 4 is 27.5 Å². The Morgan fingerprint density at radius 3 is 2.35 bits per heavy atom. The van der Waals surface area contributed by atoms with Crippen LogP contribution in [-0.4, -0.2) is 20.2 Å². The number of sulfonamides is 1. The first-order valence-electron chi connectivity index (χ1n) is 4.29. The van der Waals surface area contributed by atoms with Crippen LogP contribution in [0.1, 0.15) is 0 Å². The van der Waals surface area contributed by atoms with Crippen LogP contribution in [0.4, 0.5) is 5.69 Å². The molecule has 1 aromatic rings. The molecule has 9 heteroatoms. The fraction of sp³-hybridized carbons (Fsp3) is 0. The van der Waals surface area contributed by atoms with E-state index in [4.69, 9.17) is 11.0 Å². The summed E-state index contributed by atoms with van der Waals surface area (Å²) >= 11 is 0. The van der Waals surface area contributed by atoms with Crippen molar-refractivity contribution in [3.8, 4) is 0 Å². The quantitative estimate of drug-likeness (QED) is 0.215. The lowest BCUT2D eigenvalue weighted by Crippen LogP contribution is -2.39. The van der Waals surface area contributed by atoms with Gasteiger partial charge < -0.3 is 5.32 Å². The van der Waals surface area contributed by atoms with Crippen molar-refractivity contribution in [3.63, 3.8) is 0 Å². The lowest BCUT2D eigenvalue weighted by Gasteiger charge is -2.05. The van der Waals surface area contributed by atoms with Gasteiger partial charge >= 0.3 is 11.8 Å². The molecule has 0 fully saturated rings. The molecule has 0 unspecified atom stereocenters. The Hall–Kier alpha value is -1.97. The fourth-order valence-electron chi connectivity index (χ4n) is 1.00. The van der Waals surface area contributed by atoms with Crippen LogP contribution in [0.5, 0.6) is 0 Å². The lowest BCUT2D eigenvalue weighted by molar-refractivity contribution is -0.136. The Morgan fingerprint density at radius 1 is 1.18 bits per heavy atom. The molecule has 1 aromatic carbocycles. The van der Waals surface area contributed by atoms with E-state index >= 15 is 0 Å². The summed E-state index contributed by atoms with van der Waals surface area (Å²) in [4.78, 5) is 21.8. The standard InChI is InChI=1S/C8H10N4O4S/c9-12-8(14)7(13)11-5-2-1-3-6(4-5)17(10,15)16/h1-4H,9H2,(H,11,13)(H,12,14)(H2,10,15,16). The molecule has 0 aliphatic carbocycles. The number of carbonyl (C=O) groups excluding carboxylic acids is 2. The van der Waals surface area contributed by atoms with Crippen LogP contribution in [0.15, 0.2) is 29.2 Å². The maximum atomic E-state index is 11.1. The predicted molar refractivity (Wildman–Crippen MR) is 58.8 cm³/mol. The smallest absolute Gasteiger partial charge is 0.318 e. The molecule has 0 radical (unpaired) electrons. The maximum Gasteiger partial charge on any atom is 0.323 e. The zero-order chi connectivity index (χ0) is 13.1. The number of nitrogens with two attached hydrogens (primary N) is 2. The van der Waals surface area contributed by atoms with Gasteiger partial charge in [0.1, 0.15) is 0 Å². The van der Waals surface area contributed by atoms with Crippen LogP contribution in [0.2, 0.25) is 0 Å². The summed E-state index contributed by atoms with van der Waals surface area (Å²) in [5, 5.41) is 7.06. The summed E-state index contributed by atoms with van der Waals surface area (Å²) in [6.07, 6.45) is 0. The van der Waals surface area contributed by atoms with Gasteiger partial charge in [-0.3, -0.25) is 15.0 Å². The highest BCUT2D eigenvalue weighted by Crippen LogP contribution is 2.13. The van der Waals surface area contributed by atoms with Gasteiger partial charge in [0, 0.05) is 5.69 Å². The van der Waals surface area contributed by atoms with Crippen LogP contribution >= 0.6 is 0 Å². The van der Waals surface area contributed by atoms with Gasteiger partial charge in [0.25, 0.3) is 0 Å². The van der Waals surface area contributed by atoms with Crippen LogP contribution in [0, 0.1) is 0 Å². The van der Waals surface area contributed by atoms with E-state index in [1.54, 1.807) is 5.43 Å². The second kappa shape index (κ2) is 4.91. The van der Waals surface area contributed by atoms with Crippen molar-refractivity contribution in [1.82, 2.24) is 5.43 Å². The third-order valence-corrected chi connectivity index (χ3v) is 2.67. The minimum Gasteiger partial charge on any atom is -0.318 e. The summed E-state index contributed by atoms with van der Waals surface area (Å²) in [6.45, 7) is 0. The summed E-state index contributed by atoms with van der Waals surface area (Å²) in [6, 6.07) is 5.15. The van der Waals surface area contributed by atoms with Gasteiger partial charge in [-0.05, 0) is 18.2 Å². The van der Waals surface area contributed by atoms with E-state index in [0.29, 0.717) is 0 Å². The SMILES string of the molecule is NNC(=O)C(=O)Nc1cccc(S(N)(=O)=O)c1. The molecule has 0 aromatic heterocycles. The molecule has 0 atom stereocenters. The van der Waals surface area contributed by atoms with Gasteiger partial charge in [-0.1, -0.05) is 6.07 Å². The number of hydrogen-bond donors (Lipinski definition) is 4. The van der Waals surface area contributed by atoms with E-state index in [9.17, 15) is 18.0 Å². The summed E-state index contributed by atoms with van der Waals surface area (Å²) in [5.74, 6) is 2.68. The highest BCUT2D eigenvalue weighted by atomic mass is 32.2. The van der Waals surface area contributed by atoms with Gasteiger partial charge in [-0.25, -0.2) is 19.4 Å². The van der Waals surface area contributed by atoms with Crippen molar-refractivity contribution < 1.29 is 18.0 Å². The molecule has 0 spiro atoms. The molecule has 92 valence electrons. The van der Waals surface area contributed by atoms with Crippen molar-refractivity contribution in [1.29, 1.82) is 0 Å². The Balaban J connectivity index is 2.95. The molecule has 6 N–H and O–H groups in total. The monoisotopic (exact) mass is 258 g/mol. The van der Waals surface area contributed by atoms with E-state index < -0.39 is 21.8 Å². The molecule has 0 saturated carbocycles. The summed E-state index contributed by atoms with van der Waals surface area (Å²) in [5.41, 5.74) is 1.75. The first kappa shape index (κ1) is 13.1. The van der Waals surface area contributed by atoms with Gasteiger partial charge in [0.05, 0.1) is 4.90 Å². The fourth-order valence-corrected chi connectivity index (χ4v) is 1.56. The third kappa shape index (κ3) is 3.52. The first-order valence-corrected chi connectivity index (χ1v) is 5.84. The highest BCUT2D eigenvalue weighted by molar-refractivity contribution is 7.89. The molecule has 8 nitrogen and oxygen atoms in total. The second-order valence-corrected chi connectivity index (χ2v) is 4.56. The van der Waals surface area contributed by atoms with E-state index in [1.165, 1.54) is 18.2 Å². The Kier molecular flexibility index (Phi) is 3.78. The number of hydrogen-bond acceptors (Lipinski definition) is 5. The molecular formula is C8H10N4O4S. The first-order chi connectivity index (χ1) is 7.84. The molecule has 0 aliphatic heterocycles. The molecule has 1 rings (SSSR count). The van der Waals surface area contributed by atoms with Crippen molar-refractivity contribution in [2.45, 2.75) is 4.90 Å². The van der Waals surface area contributed by atoms with Crippen molar-refractivity contribution in [2.24, 2.45) is 11.0 Å². The number of nitrogens with one attached hydrogen (secondary N) is 2. The average molecular weight is 258 g/mol. The van der Waals surface area contributed by atoms with Gasteiger partial charge in [0.15, 0.2) is 0 Å². The van der Waals surface area contributed by atoms with Gasteiger partial charge in [-0.2, -0.15) is 0 Å². The average Bonchev–Trinajstić information content (AvgIpc) is 2.27. The van der Waals surface area contributed by atoms with Gasteiger partial charge in [-0.15, -0.1) is 0 Å². The van der Waals surface area contributed by atoms with E-state index in [1.807, 2.05) is 0 Å². The number of amides is 2. The van der Waals surface area contributed by atoms with Crippen LogP contribution in [0.3, 0.4) is 0 Å². The number of benzene rings is 1. The zero-order valence-electron chi connectivity index (χ0n) is 8.51. The summed E-state index contributed by atoms with van der Waals surface area (Å²) < 4.78 is 22.1. The largest absolute Gasteiger partial charge is 0.323 e. The predicted octanol–water partition coefficient (Wildman–Crippen LogP) is -1.74. The van der Waals surface area contributed by atoms with Gasteiger partial charge in [0.2, 0.25) is 10.0 Å². The molecule has 2 amide bonds. The maximum absolute atomic E-state index is 11.1. The van der Waals surface area contributed by atoms with Crippen LogP contribution in [0.25, 0.3) is 0 Å². The van der Waals surface area contributed by atoms with E-state index in [0.717, 1.165) is 6.07 Å². The van der Waals surface area contributed by atoms with Crippen molar-refractivity contribution in [2.75, 3.05) is 5.32 Å². The van der Waals surface area contributed by atoms with Crippen LogP contribution < -0.4 is 21.7 Å². The number of anilines is 1. The molecule has 0 aliphatic rings. The van der Waals surface area contributed by atoms with E-state index in [-0.39, 0.29) is 10.6 Å². The third-order valence-electron chi connectivity index (χ3n) is 1.76. The van der Waals surface area contributed by atoms with Crippen molar-refractivity contribution in [3.05, 3.63) is 24.3 Å². The summed E-state index contributed by atoms with van der Waals surface area (Å²) in [7, 11) is -3.86. The zero-order valence-corrected chi connectivity index (χ0v) is 9.32. The lowest BCUT2D eigenvalue weighted by atomic mass is 10.3. The minimum absolute atomic E-state index is 0.116.